The van der Waals surface area contributed by atoms with Crippen molar-refractivity contribution in [1.82, 2.24) is 4.90 Å². The highest BCUT2D eigenvalue weighted by Crippen LogP contribution is 2.39. The van der Waals surface area contributed by atoms with Crippen molar-refractivity contribution in [3.8, 4) is 5.75 Å². The highest BCUT2D eigenvalue weighted by atomic mass is 35.5. The Bertz CT molecular complexity index is 477. The quantitative estimate of drug-likeness (QED) is 0.779. The highest BCUT2D eigenvalue weighted by Gasteiger charge is 2.43. The molecule has 2 atom stereocenters. The van der Waals surface area contributed by atoms with E-state index in [0.717, 1.165) is 25.7 Å². The number of halogens is 1. The number of alkyl halides is 1. The first-order chi connectivity index (χ1) is 9.20. The van der Waals surface area contributed by atoms with Crippen LogP contribution in [0.5, 0.6) is 5.75 Å². The van der Waals surface area contributed by atoms with Crippen LogP contribution < -0.4 is 4.74 Å². The fourth-order valence-corrected chi connectivity index (χ4v) is 3.81. The van der Waals surface area contributed by atoms with Crippen LogP contribution in [0.3, 0.4) is 0 Å². The molecular weight excluding hydrogens is 262 g/mol. The van der Waals surface area contributed by atoms with Gasteiger partial charge in [0.2, 0.25) is 0 Å². The summed E-state index contributed by atoms with van der Waals surface area (Å²) in [7, 11) is 1.60. The van der Waals surface area contributed by atoms with Crippen molar-refractivity contribution in [2.24, 2.45) is 0 Å². The Labute approximate surface area is 118 Å². The molecule has 2 heterocycles. The minimum absolute atomic E-state index is 0.0912. The predicted molar refractivity (Wildman–Crippen MR) is 74.8 cm³/mol. The highest BCUT2D eigenvalue weighted by molar-refractivity contribution is 6.20. The minimum Gasteiger partial charge on any atom is -0.496 e. The van der Waals surface area contributed by atoms with Gasteiger partial charge in [-0.05, 0) is 37.8 Å². The van der Waals surface area contributed by atoms with Crippen LogP contribution in [0.4, 0.5) is 0 Å². The molecule has 2 saturated heterocycles. The zero-order valence-electron chi connectivity index (χ0n) is 11.0. The van der Waals surface area contributed by atoms with Gasteiger partial charge in [-0.3, -0.25) is 4.79 Å². The van der Waals surface area contributed by atoms with Crippen molar-refractivity contribution in [3.63, 3.8) is 0 Å². The number of rotatable bonds is 2. The number of benzene rings is 1. The van der Waals surface area contributed by atoms with Crippen LogP contribution in [0.1, 0.15) is 36.0 Å². The van der Waals surface area contributed by atoms with Gasteiger partial charge in [0.15, 0.2) is 0 Å². The first-order valence-electron chi connectivity index (χ1n) is 6.80. The van der Waals surface area contributed by atoms with E-state index in [1.54, 1.807) is 7.11 Å². The van der Waals surface area contributed by atoms with E-state index in [0.29, 0.717) is 23.4 Å². The van der Waals surface area contributed by atoms with E-state index < -0.39 is 0 Å². The third kappa shape index (κ3) is 2.20. The normalized spacial score (nSPS) is 29.4. The molecule has 0 spiro atoms. The lowest BCUT2D eigenvalue weighted by atomic mass is 10.0. The van der Waals surface area contributed by atoms with Crippen molar-refractivity contribution in [2.45, 2.75) is 43.1 Å². The van der Waals surface area contributed by atoms with Crippen molar-refractivity contribution < 1.29 is 9.53 Å². The second kappa shape index (κ2) is 5.04. The molecule has 2 aliphatic heterocycles. The van der Waals surface area contributed by atoms with Crippen molar-refractivity contribution in [1.29, 1.82) is 0 Å². The fraction of sp³-hybridized carbons (Fsp3) is 0.533. The summed E-state index contributed by atoms with van der Waals surface area (Å²) in [6, 6.07) is 8.05. The van der Waals surface area contributed by atoms with Gasteiger partial charge in [-0.2, -0.15) is 0 Å². The van der Waals surface area contributed by atoms with Crippen LogP contribution in [0, 0.1) is 0 Å². The van der Waals surface area contributed by atoms with Gasteiger partial charge in [0, 0.05) is 17.5 Å². The SMILES string of the molecule is COc1ccccc1C(=O)N1C2CCC1CC(Cl)C2. The van der Waals surface area contributed by atoms with Crippen molar-refractivity contribution in [3.05, 3.63) is 29.8 Å². The van der Waals surface area contributed by atoms with Crippen LogP contribution in [0.2, 0.25) is 0 Å². The molecule has 2 unspecified atom stereocenters. The Kier molecular flexibility index (Phi) is 3.40. The van der Waals surface area contributed by atoms with E-state index >= 15 is 0 Å². The zero-order valence-corrected chi connectivity index (χ0v) is 11.8. The zero-order chi connectivity index (χ0) is 13.4. The Hall–Kier alpha value is -1.22. The number of fused-ring (bicyclic) bond motifs is 2. The molecule has 3 nitrogen and oxygen atoms in total. The van der Waals surface area contributed by atoms with E-state index in [4.69, 9.17) is 16.3 Å². The lowest BCUT2D eigenvalue weighted by molar-refractivity contribution is 0.0596. The lowest BCUT2D eigenvalue weighted by Gasteiger charge is -2.37. The van der Waals surface area contributed by atoms with Crippen LogP contribution >= 0.6 is 11.6 Å². The van der Waals surface area contributed by atoms with Crippen LogP contribution in [0.15, 0.2) is 24.3 Å². The van der Waals surface area contributed by atoms with Gasteiger partial charge in [0.05, 0.1) is 12.7 Å². The van der Waals surface area contributed by atoms with Crippen molar-refractivity contribution in [2.75, 3.05) is 7.11 Å². The van der Waals surface area contributed by atoms with Crippen LogP contribution in [0.25, 0.3) is 0 Å². The maximum atomic E-state index is 12.7. The number of hydrogen-bond acceptors (Lipinski definition) is 2. The molecule has 2 fully saturated rings. The van der Waals surface area contributed by atoms with E-state index in [1.165, 1.54) is 0 Å². The van der Waals surface area contributed by atoms with Gasteiger partial charge >= 0.3 is 0 Å². The van der Waals surface area contributed by atoms with E-state index in [2.05, 4.69) is 0 Å². The Morgan fingerprint density at radius 1 is 1.26 bits per heavy atom. The van der Waals surface area contributed by atoms with E-state index in [9.17, 15) is 4.79 Å². The number of carbonyl (C=O) groups is 1. The molecule has 1 aromatic carbocycles. The first kappa shape index (κ1) is 12.8. The lowest BCUT2D eigenvalue weighted by Crippen LogP contribution is -2.47. The van der Waals surface area contributed by atoms with Gasteiger partial charge in [-0.1, -0.05) is 12.1 Å². The number of nitrogens with zero attached hydrogens (tertiary/aromatic N) is 1. The fourth-order valence-electron chi connectivity index (χ4n) is 3.40. The molecule has 3 rings (SSSR count). The topological polar surface area (TPSA) is 29.5 Å². The first-order valence-corrected chi connectivity index (χ1v) is 7.24. The molecule has 1 aromatic rings. The second-order valence-corrected chi connectivity index (χ2v) is 5.98. The summed E-state index contributed by atoms with van der Waals surface area (Å²) in [6.07, 6.45) is 3.99. The molecule has 102 valence electrons. The molecule has 2 aliphatic rings. The maximum absolute atomic E-state index is 12.7. The third-order valence-electron chi connectivity index (χ3n) is 4.25. The molecule has 4 heteroatoms. The molecular formula is C15H18ClNO2. The number of carbonyl (C=O) groups excluding carboxylic acids is 1. The number of methoxy groups -OCH3 is 1. The van der Waals surface area contributed by atoms with Gasteiger partial charge < -0.3 is 9.64 Å². The Morgan fingerprint density at radius 3 is 2.53 bits per heavy atom. The molecule has 0 saturated carbocycles. The standard InChI is InChI=1S/C15H18ClNO2/c1-19-14-5-3-2-4-13(14)15(18)17-11-6-7-12(17)9-10(16)8-11/h2-5,10-12H,6-9H2,1H3. The van der Waals surface area contributed by atoms with E-state index in [1.807, 2.05) is 29.2 Å². The Balaban J connectivity index is 1.89. The number of amides is 1. The summed E-state index contributed by atoms with van der Waals surface area (Å²) in [6.45, 7) is 0. The molecule has 0 aliphatic carbocycles. The number of piperidine rings is 1. The molecule has 0 radical (unpaired) electrons. The monoisotopic (exact) mass is 279 g/mol. The molecule has 19 heavy (non-hydrogen) atoms. The van der Waals surface area contributed by atoms with Gasteiger partial charge in [-0.25, -0.2) is 0 Å². The Morgan fingerprint density at radius 2 is 1.89 bits per heavy atom. The van der Waals surface area contributed by atoms with Crippen LogP contribution in [-0.4, -0.2) is 35.4 Å². The molecule has 0 N–H and O–H groups in total. The second-order valence-electron chi connectivity index (χ2n) is 5.37. The summed E-state index contributed by atoms with van der Waals surface area (Å²) in [5.41, 5.74) is 0.662. The summed E-state index contributed by atoms with van der Waals surface area (Å²) in [5.74, 6) is 0.744. The number of hydrogen-bond donors (Lipinski definition) is 0. The number of ether oxygens (including phenoxy) is 1. The smallest absolute Gasteiger partial charge is 0.258 e. The molecule has 1 amide bonds. The predicted octanol–water partition coefficient (Wildman–Crippen LogP) is 3.07. The van der Waals surface area contributed by atoms with E-state index in [-0.39, 0.29) is 11.3 Å². The number of para-hydroxylation sites is 1. The largest absolute Gasteiger partial charge is 0.496 e. The summed E-state index contributed by atoms with van der Waals surface area (Å²) in [4.78, 5) is 14.8. The minimum atomic E-state index is 0.0912. The molecule has 0 aromatic heterocycles. The summed E-state index contributed by atoms with van der Waals surface area (Å²) >= 11 is 6.26. The third-order valence-corrected chi connectivity index (χ3v) is 4.60. The van der Waals surface area contributed by atoms with Crippen LogP contribution in [-0.2, 0) is 0 Å². The molecule has 2 bridgehead atoms. The summed E-state index contributed by atoms with van der Waals surface area (Å²) in [5, 5.41) is 0.221. The average Bonchev–Trinajstić information content (AvgIpc) is 2.70. The van der Waals surface area contributed by atoms with Crippen molar-refractivity contribution >= 4 is 17.5 Å². The average molecular weight is 280 g/mol. The van der Waals surface area contributed by atoms with Gasteiger partial charge in [-0.15, -0.1) is 11.6 Å². The maximum Gasteiger partial charge on any atom is 0.258 e. The van der Waals surface area contributed by atoms with Gasteiger partial charge in [0.1, 0.15) is 5.75 Å². The van der Waals surface area contributed by atoms with Gasteiger partial charge in [0.25, 0.3) is 5.91 Å². The summed E-state index contributed by atoms with van der Waals surface area (Å²) < 4.78 is 5.30.